The summed E-state index contributed by atoms with van der Waals surface area (Å²) in [5.41, 5.74) is -0.921. The van der Waals surface area contributed by atoms with E-state index in [1.807, 2.05) is 0 Å². The second kappa shape index (κ2) is 3.73. The highest BCUT2D eigenvalue weighted by molar-refractivity contribution is 5.66. The van der Waals surface area contributed by atoms with Gasteiger partial charge in [-0.3, -0.25) is 4.90 Å². The van der Waals surface area contributed by atoms with Crippen molar-refractivity contribution >= 4 is 6.09 Å². The first kappa shape index (κ1) is 11.2. The lowest BCUT2D eigenvalue weighted by molar-refractivity contribution is -0.0442. The van der Waals surface area contributed by atoms with Gasteiger partial charge in [-0.25, -0.2) is 9.18 Å². The van der Waals surface area contributed by atoms with Crippen LogP contribution in [0.5, 0.6) is 0 Å². The van der Waals surface area contributed by atoms with Crippen LogP contribution in [0, 0.1) is 0 Å². The standard InChI is InChI=1S/C9H16FNO3/c1-4-6(10)7-5-14-9(2,3)11(7)8(12)13/h6-7H,4-5H2,1-3H3,(H,12,13)/t6-,7+/m0/s1. The molecule has 0 spiro atoms. The minimum atomic E-state index is -1.16. The van der Waals surface area contributed by atoms with Crippen LogP contribution in [-0.4, -0.2) is 40.6 Å². The molecule has 1 rings (SSSR count). The summed E-state index contributed by atoms with van der Waals surface area (Å²) < 4.78 is 18.7. The van der Waals surface area contributed by atoms with Crippen molar-refractivity contribution in [3.63, 3.8) is 0 Å². The van der Waals surface area contributed by atoms with Gasteiger partial charge in [-0.15, -0.1) is 0 Å². The van der Waals surface area contributed by atoms with Gasteiger partial charge in [0.2, 0.25) is 0 Å². The number of carbonyl (C=O) groups is 1. The van der Waals surface area contributed by atoms with E-state index in [1.54, 1.807) is 20.8 Å². The Balaban J connectivity index is 2.84. The molecule has 0 bridgehead atoms. The lowest BCUT2D eigenvalue weighted by atomic mass is 10.1. The van der Waals surface area contributed by atoms with Crippen molar-refractivity contribution in [1.82, 2.24) is 4.90 Å². The van der Waals surface area contributed by atoms with Crippen LogP contribution in [0.15, 0.2) is 0 Å². The molecule has 0 aromatic heterocycles. The molecule has 1 aliphatic rings. The Kier molecular flexibility index (Phi) is 2.99. The molecule has 0 aromatic rings. The first-order valence-corrected chi connectivity index (χ1v) is 4.70. The average Bonchev–Trinajstić information content (AvgIpc) is 2.39. The number of nitrogens with zero attached hydrogens (tertiary/aromatic N) is 1. The topological polar surface area (TPSA) is 49.8 Å². The van der Waals surface area contributed by atoms with Gasteiger partial charge in [0.1, 0.15) is 11.9 Å². The van der Waals surface area contributed by atoms with E-state index in [-0.39, 0.29) is 6.61 Å². The van der Waals surface area contributed by atoms with Gasteiger partial charge in [-0.1, -0.05) is 6.92 Å². The Morgan fingerprint density at radius 2 is 2.36 bits per heavy atom. The number of hydrogen-bond acceptors (Lipinski definition) is 2. The molecule has 1 fully saturated rings. The summed E-state index contributed by atoms with van der Waals surface area (Å²) in [6.07, 6.45) is -1.99. The normalized spacial score (nSPS) is 27.7. The highest BCUT2D eigenvalue weighted by Crippen LogP contribution is 2.30. The molecule has 0 saturated carbocycles. The summed E-state index contributed by atoms with van der Waals surface area (Å²) in [4.78, 5) is 12.0. The molecule has 1 N–H and O–H groups in total. The summed E-state index contributed by atoms with van der Waals surface area (Å²) in [7, 11) is 0. The molecule has 14 heavy (non-hydrogen) atoms. The maximum atomic E-state index is 13.4. The summed E-state index contributed by atoms with van der Waals surface area (Å²) in [5.74, 6) is 0. The minimum absolute atomic E-state index is 0.133. The van der Waals surface area contributed by atoms with E-state index >= 15 is 0 Å². The number of amides is 1. The van der Waals surface area contributed by atoms with E-state index < -0.39 is 24.0 Å². The average molecular weight is 205 g/mol. The van der Waals surface area contributed by atoms with Crippen LogP contribution in [-0.2, 0) is 4.74 Å². The van der Waals surface area contributed by atoms with E-state index in [4.69, 9.17) is 9.84 Å². The van der Waals surface area contributed by atoms with E-state index in [1.165, 1.54) is 0 Å². The minimum Gasteiger partial charge on any atom is -0.465 e. The highest BCUT2D eigenvalue weighted by Gasteiger charge is 2.46. The smallest absolute Gasteiger partial charge is 0.410 e. The fraction of sp³-hybridized carbons (Fsp3) is 0.889. The van der Waals surface area contributed by atoms with Crippen molar-refractivity contribution in [2.24, 2.45) is 0 Å². The Hall–Kier alpha value is -0.840. The molecule has 0 aliphatic carbocycles. The fourth-order valence-electron chi connectivity index (χ4n) is 1.74. The maximum absolute atomic E-state index is 13.4. The molecule has 1 aliphatic heterocycles. The zero-order chi connectivity index (χ0) is 10.9. The lowest BCUT2D eigenvalue weighted by Crippen LogP contribution is -2.50. The third kappa shape index (κ3) is 1.82. The molecule has 0 unspecified atom stereocenters. The maximum Gasteiger partial charge on any atom is 0.410 e. The van der Waals surface area contributed by atoms with E-state index in [2.05, 4.69) is 0 Å². The molecule has 5 heteroatoms. The quantitative estimate of drug-likeness (QED) is 0.748. The SMILES string of the molecule is CC[C@H](F)[C@H]1COC(C)(C)N1C(=O)O. The van der Waals surface area contributed by atoms with Crippen molar-refractivity contribution in [2.75, 3.05) is 6.61 Å². The predicted molar refractivity (Wildman–Crippen MR) is 48.9 cm³/mol. The van der Waals surface area contributed by atoms with E-state index in [0.29, 0.717) is 6.42 Å². The second-order valence-corrected chi connectivity index (χ2v) is 3.90. The summed E-state index contributed by atoms with van der Waals surface area (Å²) in [6, 6.07) is -0.674. The first-order chi connectivity index (χ1) is 6.40. The molecule has 1 heterocycles. The molecule has 2 atom stereocenters. The van der Waals surface area contributed by atoms with Gasteiger partial charge in [0, 0.05) is 0 Å². The van der Waals surface area contributed by atoms with Crippen molar-refractivity contribution in [3.05, 3.63) is 0 Å². The fourth-order valence-corrected chi connectivity index (χ4v) is 1.74. The van der Waals surface area contributed by atoms with Gasteiger partial charge in [0.15, 0.2) is 0 Å². The zero-order valence-corrected chi connectivity index (χ0v) is 8.66. The Labute approximate surface area is 82.6 Å². The molecule has 0 aromatic carbocycles. The number of carboxylic acid groups (broad SMARTS) is 1. The predicted octanol–water partition coefficient (Wildman–Crippen LogP) is 1.85. The van der Waals surface area contributed by atoms with Gasteiger partial charge in [0.05, 0.1) is 12.6 Å². The van der Waals surface area contributed by atoms with Gasteiger partial charge >= 0.3 is 6.09 Å². The van der Waals surface area contributed by atoms with Crippen LogP contribution in [0.1, 0.15) is 27.2 Å². The summed E-state index contributed by atoms with van der Waals surface area (Å²) >= 11 is 0. The van der Waals surface area contributed by atoms with Crippen LogP contribution in [0.3, 0.4) is 0 Å². The van der Waals surface area contributed by atoms with Crippen LogP contribution < -0.4 is 0 Å². The van der Waals surface area contributed by atoms with Gasteiger partial charge in [-0.2, -0.15) is 0 Å². The van der Waals surface area contributed by atoms with E-state index in [9.17, 15) is 9.18 Å². The van der Waals surface area contributed by atoms with Crippen molar-refractivity contribution in [3.8, 4) is 0 Å². The number of ether oxygens (including phenoxy) is 1. The highest BCUT2D eigenvalue weighted by atomic mass is 19.1. The molecular weight excluding hydrogens is 189 g/mol. The number of rotatable bonds is 2. The van der Waals surface area contributed by atoms with Crippen molar-refractivity contribution in [2.45, 2.75) is 45.1 Å². The van der Waals surface area contributed by atoms with E-state index in [0.717, 1.165) is 4.90 Å². The molecule has 1 amide bonds. The first-order valence-electron chi connectivity index (χ1n) is 4.70. The van der Waals surface area contributed by atoms with Gasteiger partial charge in [0.25, 0.3) is 0 Å². The summed E-state index contributed by atoms with van der Waals surface area (Å²) in [5, 5.41) is 8.94. The third-order valence-electron chi connectivity index (χ3n) is 2.53. The molecule has 82 valence electrons. The third-order valence-corrected chi connectivity index (χ3v) is 2.53. The molecule has 4 nitrogen and oxygen atoms in total. The Morgan fingerprint density at radius 3 is 2.79 bits per heavy atom. The second-order valence-electron chi connectivity index (χ2n) is 3.90. The van der Waals surface area contributed by atoms with Crippen LogP contribution in [0.2, 0.25) is 0 Å². The van der Waals surface area contributed by atoms with Crippen LogP contribution in [0.25, 0.3) is 0 Å². The zero-order valence-electron chi connectivity index (χ0n) is 8.66. The van der Waals surface area contributed by atoms with Crippen LogP contribution >= 0.6 is 0 Å². The monoisotopic (exact) mass is 205 g/mol. The van der Waals surface area contributed by atoms with Crippen LogP contribution in [0.4, 0.5) is 9.18 Å². The largest absolute Gasteiger partial charge is 0.465 e. The summed E-state index contributed by atoms with van der Waals surface area (Å²) in [6.45, 7) is 5.08. The van der Waals surface area contributed by atoms with Crippen molar-refractivity contribution in [1.29, 1.82) is 0 Å². The molecule has 0 radical (unpaired) electrons. The van der Waals surface area contributed by atoms with Crippen molar-refractivity contribution < 1.29 is 19.0 Å². The molecular formula is C9H16FNO3. The number of halogens is 1. The molecule has 1 saturated heterocycles. The Morgan fingerprint density at radius 1 is 1.79 bits per heavy atom. The Bertz CT molecular complexity index is 232. The van der Waals surface area contributed by atoms with Gasteiger partial charge in [-0.05, 0) is 20.3 Å². The number of alkyl halides is 1. The lowest BCUT2D eigenvalue weighted by Gasteiger charge is -2.31. The van der Waals surface area contributed by atoms with Gasteiger partial charge < -0.3 is 9.84 Å². The number of hydrogen-bond donors (Lipinski definition) is 1.